The van der Waals surface area contributed by atoms with Crippen molar-refractivity contribution in [1.82, 2.24) is 0 Å². The molecule has 0 heterocycles. The maximum Gasteiger partial charge on any atom is 0.309 e. The summed E-state index contributed by atoms with van der Waals surface area (Å²) in [6.07, 6.45) is 0.386. The Kier molecular flexibility index (Phi) is 5.93. The minimum Gasteiger partial charge on any atom is -0.591 e. The number of esters is 1. The first-order valence-electron chi connectivity index (χ1n) is 9.25. The van der Waals surface area contributed by atoms with Gasteiger partial charge in [0.15, 0.2) is 0 Å². The number of rotatable bonds is 6. The Morgan fingerprint density at radius 1 is 1.33 bits per heavy atom. The average Bonchev–Trinajstić information content (AvgIpc) is 3.20. The Bertz CT molecular complexity index is 716. The van der Waals surface area contributed by atoms with Crippen molar-refractivity contribution in [2.24, 2.45) is 22.2 Å². The quantitative estimate of drug-likeness (QED) is 0.546. The van der Waals surface area contributed by atoms with Crippen molar-refractivity contribution in [1.29, 1.82) is 0 Å². The lowest BCUT2D eigenvalue weighted by atomic mass is 10.1. The Morgan fingerprint density at radius 3 is 2.59 bits per heavy atom. The van der Waals surface area contributed by atoms with Crippen molar-refractivity contribution >= 4 is 23.0 Å². The number of carbonyl (C=O) groups is 1. The normalized spacial score (nSPS) is 29.5. The summed E-state index contributed by atoms with van der Waals surface area (Å²) in [6.45, 7) is 8.04. The van der Waals surface area contributed by atoms with Gasteiger partial charge in [-0.2, -0.15) is 0 Å². The fraction of sp³-hybridized carbons (Fsp3) is 0.600. The highest BCUT2D eigenvalue weighted by Crippen LogP contribution is 2.57. The van der Waals surface area contributed by atoms with Gasteiger partial charge in [0.2, 0.25) is 0 Å². The van der Waals surface area contributed by atoms with Crippen molar-refractivity contribution < 1.29 is 23.2 Å². The molecule has 1 aromatic rings. The van der Waals surface area contributed by atoms with Gasteiger partial charge in [-0.3, -0.25) is 4.79 Å². The highest BCUT2D eigenvalue weighted by atomic mass is 32.2. The van der Waals surface area contributed by atoms with Crippen LogP contribution in [0.2, 0.25) is 0 Å². The Labute approximate surface area is 162 Å². The van der Waals surface area contributed by atoms with E-state index in [4.69, 9.17) is 9.47 Å². The van der Waals surface area contributed by atoms with Crippen LogP contribution in [0.1, 0.15) is 39.7 Å². The van der Waals surface area contributed by atoms with E-state index in [1.807, 2.05) is 20.8 Å². The third-order valence-electron chi connectivity index (χ3n) is 4.96. The van der Waals surface area contributed by atoms with Crippen LogP contribution in [0.25, 0.3) is 0 Å². The summed E-state index contributed by atoms with van der Waals surface area (Å²) in [5, 5.41) is 0. The minimum atomic E-state index is -1.42. The maximum atomic E-state index is 13.0. The maximum absolute atomic E-state index is 13.0. The van der Waals surface area contributed by atoms with Gasteiger partial charge >= 0.3 is 5.97 Å². The molecule has 2 fully saturated rings. The molecule has 0 aromatic heterocycles. The summed E-state index contributed by atoms with van der Waals surface area (Å²) in [5.41, 5.74) is 1.56. The van der Waals surface area contributed by atoms with Gasteiger partial charge in [0, 0.05) is 5.92 Å². The molecular weight excluding hydrogens is 369 g/mol. The van der Waals surface area contributed by atoms with Crippen molar-refractivity contribution in [2.75, 3.05) is 6.61 Å². The van der Waals surface area contributed by atoms with Gasteiger partial charge in [-0.05, 0) is 57.7 Å². The van der Waals surface area contributed by atoms with Crippen LogP contribution in [0, 0.1) is 23.6 Å². The second kappa shape index (κ2) is 7.89. The first kappa shape index (κ1) is 20.3. The molecule has 2 aliphatic rings. The highest BCUT2D eigenvalue weighted by molar-refractivity contribution is 7.91. The molecule has 0 saturated heterocycles. The van der Waals surface area contributed by atoms with Crippen LogP contribution in [0.3, 0.4) is 0 Å². The summed E-state index contributed by atoms with van der Waals surface area (Å²) >= 11 is -1.42. The van der Waals surface area contributed by atoms with Gasteiger partial charge in [0.1, 0.15) is 33.7 Å². The average molecular weight is 395 g/mol. The van der Waals surface area contributed by atoms with E-state index in [-0.39, 0.29) is 35.6 Å². The summed E-state index contributed by atoms with van der Waals surface area (Å²) in [6, 6.07) is 6.14. The zero-order valence-electron chi connectivity index (χ0n) is 16.1. The molecule has 0 spiro atoms. The fourth-order valence-electron chi connectivity index (χ4n) is 3.50. The van der Waals surface area contributed by atoms with Gasteiger partial charge in [-0.25, -0.2) is 4.39 Å². The predicted molar refractivity (Wildman–Crippen MR) is 102 cm³/mol. The molecule has 0 N–H and O–H groups in total. The highest BCUT2D eigenvalue weighted by Gasteiger charge is 2.65. The van der Waals surface area contributed by atoms with Crippen LogP contribution in [0.4, 0.5) is 4.39 Å². The van der Waals surface area contributed by atoms with Gasteiger partial charge in [0.05, 0.1) is 19.1 Å². The largest absolute Gasteiger partial charge is 0.591 e. The van der Waals surface area contributed by atoms with Crippen LogP contribution in [-0.2, 0) is 32.2 Å². The Hall–Kier alpha value is -1.44. The first-order valence-corrected chi connectivity index (χ1v) is 10.4. The van der Waals surface area contributed by atoms with Crippen LogP contribution in [0.5, 0.6) is 0 Å². The van der Waals surface area contributed by atoms with Crippen LogP contribution < -0.4 is 0 Å². The number of nitrogens with zero attached hydrogens (tertiary/aromatic N) is 1. The molecule has 2 saturated carbocycles. The van der Waals surface area contributed by atoms with Crippen molar-refractivity contribution in [3.63, 3.8) is 0 Å². The van der Waals surface area contributed by atoms with Crippen molar-refractivity contribution in [3.05, 3.63) is 35.6 Å². The molecule has 7 heteroatoms. The van der Waals surface area contributed by atoms with Crippen LogP contribution in [-0.4, -0.2) is 33.7 Å². The molecule has 2 aliphatic carbocycles. The summed E-state index contributed by atoms with van der Waals surface area (Å²) < 4.78 is 40.7. The fourth-order valence-corrected chi connectivity index (χ4v) is 4.20. The van der Waals surface area contributed by atoms with Gasteiger partial charge in [0.25, 0.3) is 0 Å². The molecule has 148 valence electrons. The molecule has 3 rings (SSSR count). The molecule has 0 aliphatic heterocycles. The molecule has 0 radical (unpaired) electrons. The molecule has 27 heavy (non-hydrogen) atoms. The lowest BCUT2D eigenvalue weighted by molar-refractivity contribution is -0.145. The summed E-state index contributed by atoms with van der Waals surface area (Å²) in [4.78, 5) is 12.1. The monoisotopic (exact) mass is 395 g/mol. The zero-order chi connectivity index (χ0) is 19.8. The second-order valence-electron chi connectivity index (χ2n) is 8.01. The third-order valence-corrected chi connectivity index (χ3v) is 6.39. The number of benzene rings is 1. The van der Waals surface area contributed by atoms with Crippen LogP contribution in [0.15, 0.2) is 28.7 Å². The van der Waals surface area contributed by atoms with Gasteiger partial charge in [-0.1, -0.05) is 16.5 Å². The lowest BCUT2D eigenvalue weighted by Crippen LogP contribution is -2.31. The first-order chi connectivity index (χ1) is 12.7. The van der Waals surface area contributed by atoms with E-state index in [1.54, 1.807) is 19.1 Å². The predicted octanol–water partition coefficient (Wildman–Crippen LogP) is 3.44. The van der Waals surface area contributed by atoms with E-state index in [2.05, 4.69) is 4.40 Å². The van der Waals surface area contributed by atoms with Gasteiger partial charge < -0.3 is 14.0 Å². The molecule has 5 atom stereocenters. The molecular formula is C20H26FNO4S. The van der Waals surface area contributed by atoms with E-state index in [0.29, 0.717) is 25.3 Å². The Morgan fingerprint density at radius 2 is 2.00 bits per heavy atom. The molecule has 0 bridgehead atoms. The lowest BCUT2D eigenvalue weighted by Gasteiger charge is -2.22. The minimum absolute atomic E-state index is 0.0476. The molecule has 0 unspecified atom stereocenters. The second-order valence-corrected chi connectivity index (χ2v) is 9.91. The van der Waals surface area contributed by atoms with Gasteiger partial charge in [-0.15, -0.1) is 0 Å². The molecule has 1 aromatic carbocycles. The van der Waals surface area contributed by atoms with E-state index < -0.39 is 16.1 Å². The van der Waals surface area contributed by atoms with E-state index in [9.17, 15) is 13.7 Å². The van der Waals surface area contributed by atoms with Crippen molar-refractivity contribution in [3.8, 4) is 0 Å². The Balaban J connectivity index is 1.73. The third kappa shape index (κ3) is 4.52. The number of hydrogen-bond donors (Lipinski definition) is 0. The standard InChI is InChI=1S/C20H26FNO4S/c1-5-25-19(23)17-14-10-15(26-11-12-6-8-13(21)9-7-12)18(16(14)17)22-27(24)20(2,3)4/h6-9,14-17H,5,10-11H2,1-4H3/b22-18-/t14-,15-,16+,17+,27-/m1/s1. The summed E-state index contributed by atoms with van der Waals surface area (Å²) in [7, 11) is 0. The van der Waals surface area contributed by atoms with Crippen molar-refractivity contribution in [2.45, 2.75) is 51.6 Å². The molecule has 0 amide bonds. The number of ether oxygens (including phenoxy) is 2. The topological polar surface area (TPSA) is 71.0 Å². The smallest absolute Gasteiger partial charge is 0.309 e. The zero-order valence-corrected chi connectivity index (χ0v) is 16.9. The van der Waals surface area contributed by atoms with E-state index in [1.165, 1.54) is 12.1 Å². The van der Waals surface area contributed by atoms with E-state index in [0.717, 1.165) is 5.56 Å². The van der Waals surface area contributed by atoms with Crippen LogP contribution >= 0.6 is 0 Å². The number of fused-ring (bicyclic) bond motifs is 1. The SMILES string of the molecule is CCOC(=O)[C@H]1[C@@H]2C[C@@H](OCc3ccc(F)cc3)/C(=N/[S@+]([O-])C(C)(C)C)[C@@H]21. The van der Waals surface area contributed by atoms with E-state index >= 15 is 0 Å². The number of carbonyl (C=O) groups excluding carboxylic acids is 1. The number of halogens is 1. The number of hydrogen-bond acceptors (Lipinski definition) is 5. The summed E-state index contributed by atoms with van der Waals surface area (Å²) in [5.74, 6) is -0.613. The molecule has 5 nitrogen and oxygen atoms in total.